The van der Waals surface area contributed by atoms with E-state index in [1.807, 2.05) is 20.8 Å². The van der Waals surface area contributed by atoms with Crippen molar-refractivity contribution in [1.82, 2.24) is 9.62 Å². The summed E-state index contributed by atoms with van der Waals surface area (Å²) in [5, 5.41) is 3.13. The lowest BCUT2D eigenvalue weighted by molar-refractivity contribution is 0.418. The van der Waals surface area contributed by atoms with Crippen LogP contribution in [-0.4, -0.2) is 31.9 Å². The van der Waals surface area contributed by atoms with Gasteiger partial charge in [0.15, 0.2) is 0 Å². The van der Waals surface area contributed by atoms with Gasteiger partial charge in [-0.05, 0) is 39.0 Å². The fraction of sp³-hybridized carbons (Fsp3) is 0.467. The van der Waals surface area contributed by atoms with Gasteiger partial charge in [0.05, 0.1) is 11.4 Å². The van der Waals surface area contributed by atoms with Gasteiger partial charge in [0.25, 0.3) is 0 Å². The number of benzene rings is 1. The molecule has 1 aromatic carbocycles. The van der Waals surface area contributed by atoms with E-state index in [4.69, 9.17) is 6.42 Å². The first-order valence-electron chi connectivity index (χ1n) is 6.51. The van der Waals surface area contributed by atoms with Crippen LogP contribution in [0.15, 0.2) is 23.1 Å². The maximum absolute atomic E-state index is 13.8. The second-order valence-electron chi connectivity index (χ2n) is 5.82. The Hall–Kier alpha value is -1.42. The van der Waals surface area contributed by atoms with Gasteiger partial charge in [-0.1, -0.05) is 5.92 Å². The van der Waals surface area contributed by atoms with Crippen molar-refractivity contribution in [1.29, 1.82) is 0 Å². The number of rotatable bonds is 5. The number of terminal acetylenes is 1. The minimum absolute atomic E-state index is 0.0325. The van der Waals surface area contributed by atoms with Crippen LogP contribution in [0.2, 0.25) is 0 Å². The second-order valence-corrected chi connectivity index (χ2v) is 7.87. The summed E-state index contributed by atoms with van der Waals surface area (Å²) < 4.78 is 39.4. The zero-order chi connectivity index (χ0) is 16.3. The van der Waals surface area contributed by atoms with E-state index in [-0.39, 0.29) is 23.5 Å². The summed E-state index contributed by atoms with van der Waals surface area (Å²) in [6, 6.07) is 3.75. The number of nitrogens with zero attached hydrogens (tertiary/aromatic N) is 1. The normalized spacial score (nSPS) is 12.4. The first kappa shape index (κ1) is 17.6. The number of halogens is 1. The van der Waals surface area contributed by atoms with Gasteiger partial charge in [0, 0.05) is 24.7 Å². The molecule has 0 aliphatic heterocycles. The number of hydrogen-bond donors (Lipinski definition) is 1. The van der Waals surface area contributed by atoms with Crippen molar-refractivity contribution in [2.75, 3.05) is 13.6 Å². The van der Waals surface area contributed by atoms with E-state index in [1.54, 1.807) is 0 Å². The summed E-state index contributed by atoms with van der Waals surface area (Å²) >= 11 is 0. The molecule has 0 fully saturated rings. The first-order chi connectivity index (χ1) is 9.58. The molecule has 0 saturated heterocycles. The van der Waals surface area contributed by atoms with Gasteiger partial charge in [-0.2, -0.15) is 4.31 Å². The Labute approximate surface area is 126 Å². The fourth-order valence-corrected chi connectivity index (χ4v) is 2.74. The Morgan fingerprint density at radius 1 is 1.38 bits per heavy atom. The molecule has 1 aromatic rings. The van der Waals surface area contributed by atoms with E-state index < -0.39 is 15.8 Å². The van der Waals surface area contributed by atoms with Crippen LogP contribution in [0.1, 0.15) is 26.3 Å². The molecule has 0 radical (unpaired) electrons. The van der Waals surface area contributed by atoms with Crippen molar-refractivity contribution in [2.24, 2.45) is 0 Å². The Kier molecular flexibility index (Phi) is 5.51. The minimum atomic E-state index is -3.70. The molecule has 1 rings (SSSR count). The summed E-state index contributed by atoms with van der Waals surface area (Å²) in [6.07, 6.45) is 5.13. The summed E-state index contributed by atoms with van der Waals surface area (Å²) in [5.41, 5.74) is 0.113. The summed E-state index contributed by atoms with van der Waals surface area (Å²) in [7, 11) is -2.30. The summed E-state index contributed by atoms with van der Waals surface area (Å²) in [5.74, 6) is 1.84. The van der Waals surface area contributed by atoms with Gasteiger partial charge < -0.3 is 5.32 Å². The molecule has 0 unspecified atom stereocenters. The number of sulfonamides is 1. The molecule has 4 nitrogen and oxygen atoms in total. The van der Waals surface area contributed by atoms with Gasteiger partial charge in [0.1, 0.15) is 5.82 Å². The molecular formula is C15H21FN2O2S. The third-order valence-corrected chi connectivity index (χ3v) is 4.65. The van der Waals surface area contributed by atoms with Gasteiger partial charge in [-0.15, -0.1) is 6.42 Å². The number of hydrogen-bond acceptors (Lipinski definition) is 3. The van der Waals surface area contributed by atoms with Crippen molar-refractivity contribution < 1.29 is 12.8 Å². The Bertz CT molecular complexity index is 643. The van der Waals surface area contributed by atoms with Crippen molar-refractivity contribution in [3.63, 3.8) is 0 Å². The molecule has 0 bridgehead atoms. The quantitative estimate of drug-likeness (QED) is 0.846. The van der Waals surface area contributed by atoms with Crippen molar-refractivity contribution >= 4 is 10.0 Å². The van der Waals surface area contributed by atoms with Gasteiger partial charge >= 0.3 is 0 Å². The predicted molar refractivity (Wildman–Crippen MR) is 81.6 cm³/mol. The summed E-state index contributed by atoms with van der Waals surface area (Å²) in [6.45, 7) is 6.07. The maximum atomic E-state index is 13.8. The van der Waals surface area contributed by atoms with E-state index in [1.165, 1.54) is 19.2 Å². The molecule has 0 aromatic heterocycles. The molecule has 0 amide bonds. The molecular weight excluding hydrogens is 291 g/mol. The Morgan fingerprint density at radius 3 is 2.52 bits per heavy atom. The molecule has 0 atom stereocenters. The highest BCUT2D eigenvalue weighted by Gasteiger charge is 2.21. The van der Waals surface area contributed by atoms with Crippen LogP contribution in [0.4, 0.5) is 4.39 Å². The molecule has 0 aliphatic carbocycles. The average Bonchev–Trinajstić information content (AvgIpc) is 2.36. The van der Waals surface area contributed by atoms with Crippen LogP contribution < -0.4 is 5.32 Å². The van der Waals surface area contributed by atoms with E-state index in [0.717, 1.165) is 10.4 Å². The zero-order valence-corrected chi connectivity index (χ0v) is 13.6. The van der Waals surface area contributed by atoms with Crippen molar-refractivity contribution in [2.45, 2.75) is 37.8 Å². The topological polar surface area (TPSA) is 49.4 Å². The second kappa shape index (κ2) is 6.56. The third kappa shape index (κ3) is 4.81. The van der Waals surface area contributed by atoms with Crippen molar-refractivity contribution in [3.05, 3.63) is 29.6 Å². The van der Waals surface area contributed by atoms with Crippen LogP contribution in [0, 0.1) is 18.2 Å². The molecule has 0 saturated carbocycles. The van der Waals surface area contributed by atoms with Crippen LogP contribution in [0.5, 0.6) is 0 Å². The molecule has 0 aliphatic rings. The lowest BCUT2D eigenvalue weighted by Gasteiger charge is -2.21. The average molecular weight is 312 g/mol. The lowest BCUT2D eigenvalue weighted by Crippen LogP contribution is -2.35. The molecule has 0 spiro atoms. The van der Waals surface area contributed by atoms with E-state index >= 15 is 0 Å². The van der Waals surface area contributed by atoms with E-state index in [0.29, 0.717) is 5.56 Å². The monoisotopic (exact) mass is 312 g/mol. The van der Waals surface area contributed by atoms with Gasteiger partial charge in [-0.3, -0.25) is 0 Å². The Morgan fingerprint density at radius 2 is 2.00 bits per heavy atom. The van der Waals surface area contributed by atoms with Crippen LogP contribution in [-0.2, 0) is 16.6 Å². The molecule has 1 N–H and O–H groups in total. The van der Waals surface area contributed by atoms with Crippen LogP contribution >= 0.6 is 0 Å². The smallest absolute Gasteiger partial charge is 0.243 e. The van der Waals surface area contributed by atoms with Crippen LogP contribution in [0.25, 0.3) is 0 Å². The number of nitrogens with one attached hydrogen (secondary N) is 1. The first-order valence-corrected chi connectivity index (χ1v) is 7.95. The molecule has 0 heterocycles. The standard InChI is InChI=1S/C15H21FN2O2S/c1-6-9-18(5)21(19,20)13-7-8-14(16)12(10-13)11-17-15(2,3)4/h1,7-8,10,17H,9,11H2,2-5H3. The predicted octanol–water partition coefficient (Wildman–Crippen LogP) is 1.97. The Balaban J connectivity index is 3.10. The molecule has 21 heavy (non-hydrogen) atoms. The lowest BCUT2D eigenvalue weighted by atomic mass is 10.1. The van der Waals surface area contributed by atoms with Crippen molar-refractivity contribution in [3.8, 4) is 12.3 Å². The zero-order valence-electron chi connectivity index (χ0n) is 12.8. The highest BCUT2D eigenvalue weighted by molar-refractivity contribution is 7.89. The SMILES string of the molecule is C#CCN(C)S(=O)(=O)c1ccc(F)c(CNC(C)(C)C)c1. The van der Waals surface area contributed by atoms with Crippen LogP contribution in [0.3, 0.4) is 0 Å². The van der Waals surface area contributed by atoms with E-state index in [2.05, 4.69) is 11.2 Å². The highest BCUT2D eigenvalue weighted by atomic mass is 32.2. The highest BCUT2D eigenvalue weighted by Crippen LogP contribution is 2.19. The largest absolute Gasteiger partial charge is 0.308 e. The van der Waals surface area contributed by atoms with Gasteiger partial charge in [0.2, 0.25) is 10.0 Å². The third-order valence-electron chi connectivity index (χ3n) is 2.85. The van der Waals surface area contributed by atoms with E-state index in [9.17, 15) is 12.8 Å². The maximum Gasteiger partial charge on any atom is 0.243 e. The minimum Gasteiger partial charge on any atom is -0.308 e. The summed E-state index contributed by atoms with van der Waals surface area (Å²) in [4.78, 5) is 0.0346. The molecule has 6 heteroatoms. The fourth-order valence-electron chi connectivity index (χ4n) is 1.60. The van der Waals surface area contributed by atoms with Gasteiger partial charge in [-0.25, -0.2) is 12.8 Å². The molecule has 116 valence electrons.